The summed E-state index contributed by atoms with van der Waals surface area (Å²) >= 11 is 0. The van der Waals surface area contributed by atoms with E-state index in [0.717, 1.165) is 11.1 Å². The Labute approximate surface area is 353 Å². The molecule has 0 aliphatic rings. The molecule has 0 amide bonds. The molecule has 39 heavy (non-hydrogen) atoms. The quantitative estimate of drug-likeness (QED) is 0.102. The fraction of sp³-hybridized carbons (Fsp3) is 0.121. The van der Waals surface area contributed by atoms with E-state index in [-0.39, 0.29) is 146 Å². The second-order valence-corrected chi connectivity index (χ2v) is 13.7. The summed E-state index contributed by atoms with van der Waals surface area (Å²) in [5, 5.41) is 8.43. The second kappa shape index (κ2) is 22.4. The average molecular weight is 771 g/mol. The van der Waals surface area contributed by atoms with Crippen molar-refractivity contribution in [2.24, 2.45) is 0 Å². The minimum Gasteiger partial charge on any atom is -1.00 e. The minimum atomic E-state index is -1.30. The van der Waals surface area contributed by atoms with Gasteiger partial charge in [-0.2, -0.15) is 0 Å². The Bertz CT molecular complexity index is 1390. The number of carbonyl (C=O) groups excluding carboxylic acids is 1. The molecule has 4 aromatic carbocycles. The third-order valence-electron chi connectivity index (χ3n) is 4.83. The van der Waals surface area contributed by atoms with Crippen molar-refractivity contribution in [1.82, 2.24) is 0 Å². The van der Waals surface area contributed by atoms with Gasteiger partial charge in [0.1, 0.15) is 8.07 Å². The van der Waals surface area contributed by atoms with Gasteiger partial charge >= 0.3 is 138 Å². The van der Waals surface area contributed by atoms with E-state index in [1.165, 1.54) is 22.3 Å². The fourth-order valence-electron chi connectivity index (χ4n) is 3.22. The number of hydrogen-bond acceptors (Lipinski definition) is 3. The van der Waals surface area contributed by atoms with Crippen LogP contribution in [0.3, 0.4) is 0 Å². The van der Waals surface area contributed by atoms with Gasteiger partial charge < -0.3 is 11.6 Å². The van der Waals surface area contributed by atoms with Crippen LogP contribution in [0.4, 0.5) is 0 Å². The number of benzene rings is 4. The van der Waals surface area contributed by atoms with Crippen LogP contribution in [0.5, 0.6) is 0 Å². The summed E-state index contributed by atoms with van der Waals surface area (Å²) in [6.07, 6.45) is 0. The van der Waals surface area contributed by atoms with Crippen LogP contribution in [-0.4, -0.2) is 14.5 Å². The van der Waals surface area contributed by atoms with E-state index in [1.807, 2.05) is 43.3 Å². The van der Waals surface area contributed by atoms with E-state index < -0.39 is 8.07 Å². The molecule has 0 saturated heterocycles. The van der Waals surface area contributed by atoms with Crippen molar-refractivity contribution in [3.05, 3.63) is 120 Å². The normalized spacial score (nSPS) is 8.95. The van der Waals surface area contributed by atoms with Gasteiger partial charge in [-0.3, -0.25) is 4.79 Å². The van der Waals surface area contributed by atoms with E-state index >= 15 is 0 Å². The van der Waals surface area contributed by atoms with Crippen molar-refractivity contribution < 1.29 is 154 Å². The molecule has 0 fully saturated rings. The molecule has 0 saturated carbocycles. The Morgan fingerprint density at radius 2 is 1.05 bits per heavy atom. The molecule has 0 atom stereocenters. The first-order valence-electron chi connectivity index (χ1n) is 11.9. The summed E-state index contributed by atoms with van der Waals surface area (Å²) in [6, 6.07) is 37.5. The molecule has 6 heteroatoms. The van der Waals surface area contributed by atoms with Crippen LogP contribution in [0.2, 0.25) is 19.6 Å². The summed E-state index contributed by atoms with van der Waals surface area (Å²) in [7, 11) is -1.30. The summed E-state index contributed by atoms with van der Waals surface area (Å²) in [5.41, 5.74) is 10.5. The maximum atomic E-state index is 8.64. The van der Waals surface area contributed by atoms with E-state index in [1.54, 1.807) is 0 Å². The van der Waals surface area contributed by atoms with Crippen LogP contribution in [-0.2, 0) is 9.68 Å². The topological polar surface area (TPSA) is 49.4 Å². The van der Waals surface area contributed by atoms with Gasteiger partial charge in [0.2, 0.25) is 0 Å². The molecule has 0 heterocycles. The van der Waals surface area contributed by atoms with Crippen molar-refractivity contribution in [2.45, 2.75) is 26.6 Å². The van der Waals surface area contributed by atoms with Crippen molar-refractivity contribution in [1.29, 1.82) is 0 Å². The molecular formula is C33H32Cs2O3Si. The van der Waals surface area contributed by atoms with Crippen LogP contribution < -0.4 is 143 Å². The molecular weight excluding hydrogens is 738 g/mol. The standard InChI is InChI=1S/C17H18Si.C15H12.CH2O3.2Cs.H/c1-18(2,3)13-12-15-8-7-11-17(14-15)16-9-5-4-6-10-16;1-2-7-13-8-6-11-15(12-13)14-9-4-3-5-10-14;2-1-4-3;;;/h4-11,14H,1-3H3;3-6,8-12H,1H3;1,3H;;;/q;;;2*+1;-1/p-1. The molecule has 188 valence electrons. The molecule has 0 N–H and O–H groups in total. The maximum absolute atomic E-state index is 8.64. The average Bonchev–Trinajstić information content (AvgIpc) is 2.93. The van der Waals surface area contributed by atoms with Crippen LogP contribution in [0.15, 0.2) is 109 Å². The second-order valence-electron chi connectivity index (χ2n) is 8.96. The Morgan fingerprint density at radius 3 is 1.41 bits per heavy atom. The summed E-state index contributed by atoms with van der Waals surface area (Å²) in [4.78, 5) is 11.2. The van der Waals surface area contributed by atoms with Gasteiger partial charge in [0.25, 0.3) is 6.47 Å². The van der Waals surface area contributed by atoms with Crippen LogP contribution in [0.25, 0.3) is 22.3 Å². The van der Waals surface area contributed by atoms with Crippen LogP contribution in [0, 0.1) is 23.3 Å². The Hall–Kier alpha value is -0.249. The van der Waals surface area contributed by atoms with Gasteiger partial charge in [0.15, 0.2) is 0 Å². The molecule has 0 aromatic heterocycles. The molecule has 0 aliphatic carbocycles. The van der Waals surface area contributed by atoms with Crippen molar-refractivity contribution in [3.63, 3.8) is 0 Å². The van der Waals surface area contributed by atoms with Crippen LogP contribution in [0.1, 0.15) is 19.5 Å². The zero-order valence-electron chi connectivity index (χ0n) is 24.7. The molecule has 0 spiro atoms. The van der Waals surface area contributed by atoms with Gasteiger partial charge in [0, 0.05) is 11.1 Å². The zero-order chi connectivity index (χ0) is 26.9. The Morgan fingerprint density at radius 1 is 0.667 bits per heavy atom. The predicted molar refractivity (Wildman–Crippen MR) is 155 cm³/mol. The fourth-order valence-corrected chi connectivity index (χ4v) is 3.74. The first kappa shape index (κ1) is 38.8. The van der Waals surface area contributed by atoms with E-state index in [0.29, 0.717) is 0 Å². The smallest absolute Gasteiger partial charge is 1.00 e. The van der Waals surface area contributed by atoms with Gasteiger partial charge in [-0.15, -0.1) is 11.5 Å². The third-order valence-corrected chi connectivity index (χ3v) is 5.70. The largest absolute Gasteiger partial charge is 1.00 e. The molecule has 0 aliphatic heterocycles. The van der Waals surface area contributed by atoms with E-state index in [2.05, 4.69) is 121 Å². The van der Waals surface area contributed by atoms with Gasteiger partial charge in [-0.05, 0) is 53.4 Å². The first-order chi connectivity index (χ1) is 17.9. The van der Waals surface area contributed by atoms with Crippen LogP contribution >= 0.6 is 0 Å². The Balaban J connectivity index is 0. The minimum absolute atomic E-state index is 0. The monoisotopic (exact) mass is 770 g/mol. The molecule has 0 unspecified atom stereocenters. The summed E-state index contributed by atoms with van der Waals surface area (Å²) < 4.78 is 0. The zero-order valence-corrected chi connectivity index (χ0v) is 37.3. The molecule has 0 radical (unpaired) electrons. The Kier molecular flexibility index (Phi) is 22.2. The van der Waals surface area contributed by atoms with E-state index in [9.17, 15) is 0 Å². The SMILES string of the molecule is CC#Cc1cccc(-c2ccccc2)c1.C[Si](C)(C)C#Cc1cccc(-c2ccccc2)c1.O=CO[O-].[Cs+].[Cs+].[H-]. The van der Waals surface area contributed by atoms with Gasteiger partial charge in [-0.1, -0.05) is 116 Å². The third kappa shape index (κ3) is 16.7. The van der Waals surface area contributed by atoms with Crippen molar-refractivity contribution >= 4 is 14.5 Å². The van der Waals surface area contributed by atoms with Crippen molar-refractivity contribution in [2.75, 3.05) is 0 Å². The number of hydrogen-bond donors (Lipinski definition) is 0. The van der Waals surface area contributed by atoms with Crippen molar-refractivity contribution in [3.8, 4) is 45.6 Å². The summed E-state index contributed by atoms with van der Waals surface area (Å²) in [5.74, 6) is 9.29. The summed E-state index contributed by atoms with van der Waals surface area (Å²) in [6.45, 7) is 8.47. The molecule has 0 bridgehead atoms. The maximum Gasteiger partial charge on any atom is 1.00 e. The molecule has 4 aromatic rings. The van der Waals surface area contributed by atoms with Gasteiger partial charge in [-0.25, -0.2) is 0 Å². The molecule has 4 rings (SSSR count). The predicted octanol–water partition coefficient (Wildman–Crippen LogP) is 0.863. The first-order valence-corrected chi connectivity index (χ1v) is 15.4. The van der Waals surface area contributed by atoms with Gasteiger partial charge in [0.05, 0.1) is 0 Å². The van der Waals surface area contributed by atoms with E-state index in [4.69, 9.17) is 10.1 Å². The number of carbonyl (C=O) groups is 1. The molecule has 3 nitrogen and oxygen atoms in total. The number of rotatable bonds is 3.